The molecule has 0 bridgehead atoms. The monoisotopic (exact) mass is 436 g/mol. The highest BCUT2D eigenvalue weighted by atomic mass is 19.1. The lowest BCUT2D eigenvalue weighted by Gasteiger charge is -2.38. The number of aromatic nitrogens is 4. The van der Waals surface area contributed by atoms with Crippen LogP contribution in [0, 0.1) is 5.82 Å². The molecule has 3 heterocycles. The fourth-order valence-corrected chi connectivity index (χ4v) is 4.47. The minimum Gasteiger partial charge on any atom is -0.494 e. The largest absolute Gasteiger partial charge is 0.494 e. The molecular formula is C23H25FN6O2. The first-order valence-electron chi connectivity index (χ1n) is 10.6. The van der Waals surface area contributed by atoms with E-state index in [1.165, 1.54) is 6.07 Å². The Labute approximate surface area is 184 Å². The zero-order chi connectivity index (χ0) is 22.1. The third-order valence-corrected chi connectivity index (χ3v) is 6.19. The minimum atomic E-state index is -0.222. The van der Waals surface area contributed by atoms with Gasteiger partial charge in [0, 0.05) is 30.6 Å². The van der Waals surface area contributed by atoms with Gasteiger partial charge in [0.1, 0.15) is 17.1 Å². The summed E-state index contributed by atoms with van der Waals surface area (Å²) in [5.41, 5.74) is 8.22. The molecule has 5 rings (SSSR count). The second kappa shape index (κ2) is 8.33. The number of nitrogens with one attached hydrogen (secondary N) is 1. The molecule has 0 spiro atoms. The van der Waals surface area contributed by atoms with Crippen LogP contribution in [0.5, 0.6) is 5.75 Å². The Morgan fingerprint density at radius 3 is 2.78 bits per heavy atom. The number of rotatable bonds is 6. The Morgan fingerprint density at radius 1 is 1.19 bits per heavy atom. The first kappa shape index (κ1) is 20.6. The summed E-state index contributed by atoms with van der Waals surface area (Å²) in [6.45, 7) is 2.42. The standard InChI is InChI=1S/C23H25FN6O2/c1-31-18-7-3-6-17-20(18)28-22(25)30-21(17)27-19(29-30)13-26-14-23(8-10-32-11-9-23)15-4-2-5-16(24)12-15/h2-7,12,26H,8-11,13-14H2,1H3,(H2,25,28). The van der Waals surface area contributed by atoms with E-state index in [9.17, 15) is 4.39 Å². The number of nitrogen functional groups attached to an aromatic ring is 1. The lowest BCUT2D eigenvalue weighted by Crippen LogP contribution is -2.42. The smallest absolute Gasteiger partial charge is 0.223 e. The molecule has 1 saturated heterocycles. The summed E-state index contributed by atoms with van der Waals surface area (Å²) in [7, 11) is 1.60. The lowest BCUT2D eigenvalue weighted by molar-refractivity contribution is 0.0496. The quantitative estimate of drug-likeness (QED) is 0.479. The van der Waals surface area contributed by atoms with Crippen LogP contribution in [0.2, 0.25) is 0 Å². The van der Waals surface area contributed by atoms with Crippen molar-refractivity contribution >= 4 is 22.5 Å². The second-order valence-corrected chi connectivity index (χ2v) is 8.10. The van der Waals surface area contributed by atoms with Crippen molar-refractivity contribution in [1.82, 2.24) is 24.9 Å². The summed E-state index contributed by atoms with van der Waals surface area (Å²) in [6, 6.07) is 12.5. The van der Waals surface area contributed by atoms with Crippen LogP contribution in [0.3, 0.4) is 0 Å². The molecule has 2 aromatic carbocycles. The van der Waals surface area contributed by atoms with Crippen LogP contribution in [0.4, 0.5) is 10.3 Å². The van der Waals surface area contributed by atoms with Gasteiger partial charge in [0.25, 0.3) is 0 Å². The molecular weight excluding hydrogens is 411 g/mol. The number of halogens is 1. The van der Waals surface area contributed by atoms with Crippen LogP contribution in [-0.2, 0) is 16.7 Å². The topological polar surface area (TPSA) is 99.6 Å². The molecule has 0 aliphatic carbocycles. The summed E-state index contributed by atoms with van der Waals surface area (Å²) in [5.74, 6) is 1.27. The van der Waals surface area contributed by atoms with Crippen LogP contribution >= 0.6 is 0 Å². The van der Waals surface area contributed by atoms with Crippen molar-refractivity contribution in [3.05, 3.63) is 59.7 Å². The molecule has 0 atom stereocenters. The van der Waals surface area contributed by atoms with Gasteiger partial charge in [-0.3, -0.25) is 0 Å². The number of ether oxygens (including phenoxy) is 2. The predicted octanol–water partition coefficient (Wildman–Crippen LogP) is 2.85. The Kier molecular flexibility index (Phi) is 5.36. The molecule has 3 N–H and O–H groups in total. The Balaban J connectivity index is 1.41. The number of anilines is 1. The lowest BCUT2D eigenvalue weighted by atomic mass is 9.74. The van der Waals surface area contributed by atoms with Crippen LogP contribution in [0.1, 0.15) is 24.2 Å². The van der Waals surface area contributed by atoms with E-state index in [1.807, 2.05) is 24.3 Å². The molecule has 166 valence electrons. The third kappa shape index (κ3) is 3.63. The highest BCUT2D eigenvalue weighted by molar-refractivity contribution is 5.95. The number of methoxy groups -OCH3 is 1. The number of benzene rings is 2. The summed E-state index contributed by atoms with van der Waals surface area (Å²) in [4.78, 5) is 9.14. The van der Waals surface area contributed by atoms with E-state index < -0.39 is 0 Å². The molecule has 0 saturated carbocycles. The maximum atomic E-state index is 13.9. The molecule has 0 amide bonds. The zero-order valence-corrected chi connectivity index (χ0v) is 17.8. The molecule has 1 aliphatic heterocycles. The number of hydrogen-bond donors (Lipinski definition) is 2. The third-order valence-electron chi connectivity index (χ3n) is 6.19. The van der Waals surface area contributed by atoms with Gasteiger partial charge < -0.3 is 20.5 Å². The first-order chi connectivity index (χ1) is 15.6. The molecule has 1 aliphatic rings. The van der Waals surface area contributed by atoms with Gasteiger partial charge in [-0.15, -0.1) is 5.10 Å². The normalized spacial score (nSPS) is 15.9. The van der Waals surface area contributed by atoms with Crippen molar-refractivity contribution in [2.45, 2.75) is 24.8 Å². The van der Waals surface area contributed by atoms with Gasteiger partial charge in [0.2, 0.25) is 5.95 Å². The molecule has 2 aromatic heterocycles. The van der Waals surface area contributed by atoms with Crippen molar-refractivity contribution in [2.24, 2.45) is 0 Å². The van der Waals surface area contributed by atoms with Crippen LogP contribution < -0.4 is 15.8 Å². The minimum absolute atomic E-state index is 0.194. The summed E-state index contributed by atoms with van der Waals surface area (Å²) in [5, 5.41) is 8.84. The molecule has 32 heavy (non-hydrogen) atoms. The van der Waals surface area contributed by atoms with Crippen molar-refractivity contribution in [3.63, 3.8) is 0 Å². The predicted molar refractivity (Wildman–Crippen MR) is 119 cm³/mol. The molecule has 9 heteroatoms. The fourth-order valence-electron chi connectivity index (χ4n) is 4.47. The molecule has 0 radical (unpaired) electrons. The van der Waals surface area contributed by atoms with Crippen molar-refractivity contribution in [2.75, 3.05) is 32.6 Å². The van der Waals surface area contributed by atoms with Gasteiger partial charge in [0.15, 0.2) is 11.5 Å². The second-order valence-electron chi connectivity index (χ2n) is 8.10. The maximum absolute atomic E-state index is 13.9. The van der Waals surface area contributed by atoms with Gasteiger partial charge in [-0.2, -0.15) is 4.52 Å². The van der Waals surface area contributed by atoms with E-state index in [1.54, 1.807) is 23.8 Å². The number of para-hydroxylation sites is 1. The van der Waals surface area contributed by atoms with E-state index in [0.717, 1.165) is 23.8 Å². The zero-order valence-electron chi connectivity index (χ0n) is 17.8. The van der Waals surface area contributed by atoms with Gasteiger partial charge >= 0.3 is 0 Å². The van der Waals surface area contributed by atoms with Crippen molar-refractivity contribution < 1.29 is 13.9 Å². The highest BCUT2D eigenvalue weighted by Gasteiger charge is 2.34. The van der Waals surface area contributed by atoms with Crippen molar-refractivity contribution in [3.8, 4) is 5.75 Å². The summed E-state index contributed by atoms with van der Waals surface area (Å²) in [6.07, 6.45) is 1.65. The average molecular weight is 436 g/mol. The Morgan fingerprint density at radius 2 is 2.00 bits per heavy atom. The van der Waals surface area contributed by atoms with E-state index in [-0.39, 0.29) is 17.2 Å². The van der Waals surface area contributed by atoms with E-state index >= 15 is 0 Å². The van der Waals surface area contributed by atoms with Crippen LogP contribution in [-0.4, -0.2) is 46.5 Å². The first-order valence-corrected chi connectivity index (χ1v) is 10.6. The number of hydrogen-bond acceptors (Lipinski definition) is 7. The molecule has 0 unspecified atom stereocenters. The SMILES string of the molecule is COc1cccc2c1nc(N)n1nc(CNCC3(c4cccc(F)c4)CCOCC3)nc21. The van der Waals surface area contributed by atoms with Gasteiger partial charge in [-0.05, 0) is 42.7 Å². The number of nitrogens with two attached hydrogens (primary N) is 1. The van der Waals surface area contributed by atoms with Gasteiger partial charge in [0.05, 0.1) is 13.7 Å². The Hall–Kier alpha value is -3.30. The van der Waals surface area contributed by atoms with E-state index in [4.69, 9.17) is 20.2 Å². The molecule has 4 aromatic rings. The maximum Gasteiger partial charge on any atom is 0.223 e. The van der Waals surface area contributed by atoms with Crippen molar-refractivity contribution in [1.29, 1.82) is 0 Å². The van der Waals surface area contributed by atoms with E-state index in [2.05, 4.69) is 15.4 Å². The Bertz CT molecular complexity index is 1270. The molecule has 1 fully saturated rings. The van der Waals surface area contributed by atoms with Crippen LogP contribution in [0.15, 0.2) is 42.5 Å². The van der Waals surface area contributed by atoms with Crippen LogP contribution in [0.25, 0.3) is 16.6 Å². The van der Waals surface area contributed by atoms with Gasteiger partial charge in [-0.1, -0.05) is 18.2 Å². The number of nitrogens with zero attached hydrogens (tertiary/aromatic N) is 4. The molecule has 8 nitrogen and oxygen atoms in total. The van der Waals surface area contributed by atoms with Gasteiger partial charge in [-0.25, -0.2) is 14.4 Å². The average Bonchev–Trinajstić information content (AvgIpc) is 3.25. The van der Waals surface area contributed by atoms with E-state index in [0.29, 0.717) is 49.0 Å². The number of fused-ring (bicyclic) bond motifs is 3. The summed E-state index contributed by atoms with van der Waals surface area (Å²) < 4.78 is 26.4. The highest BCUT2D eigenvalue weighted by Crippen LogP contribution is 2.34. The summed E-state index contributed by atoms with van der Waals surface area (Å²) >= 11 is 0. The fraction of sp³-hybridized carbons (Fsp3) is 0.348.